The molecule has 3 nitrogen and oxygen atoms in total. The van der Waals surface area contributed by atoms with Crippen molar-refractivity contribution in [3.63, 3.8) is 0 Å². The van der Waals surface area contributed by atoms with Gasteiger partial charge in [0.2, 0.25) is 0 Å². The van der Waals surface area contributed by atoms with Crippen molar-refractivity contribution in [1.82, 2.24) is 9.97 Å². The molecule has 1 rings (SSSR count). The third-order valence-corrected chi connectivity index (χ3v) is 1.17. The normalized spacial score (nSPS) is 10.6. The van der Waals surface area contributed by atoms with E-state index in [2.05, 4.69) is 15.0 Å². The van der Waals surface area contributed by atoms with E-state index in [1.807, 2.05) is 6.92 Å². The quantitative estimate of drug-likeness (QED) is 0.535. The lowest BCUT2D eigenvalue weighted by Crippen LogP contribution is -1.93. The van der Waals surface area contributed by atoms with Gasteiger partial charge in [0.05, 0.1) is 5.69 Å². The predicted molar refractivity (Wildman–Crippen MR) is 40.3 cm³/mol. The van der Waals surface area contributed by atoms with E-state index in [0.29, 0.717) is 0 Å². The van der Waals surface area contributed by atoms with Crippen LogP contribution in [0.5, 0.6) is 0 Å². The number of hydrogen-bond acceptors (Lipinski definition) is 3. The molecule has 0 bridgehead atoms. The number of hydrogen-bond donors (Lipinski definition) is 0. The standard InChI is InChI=1S/C7H9N3/c1-6-7(5-8-2)10-4-3-9-6/h3-5H,1-2H3/b8-5-. The van der Waals surface area contributed by atoms with Gasteiger partial charge in [-0.2, -0.15) is 0 Å². The zero-order valence-electron chi connectivity index (χ0n) is 6.07. The number of aliphatic imine (C=N–C) groups is 1. The molecule has 0 fully saturated rings. The van der Waals surface area contributed by atoms with Crippen LogP contribution in [-0.2, 0) is 0 Å². The third kappa shape index (κ3) is 1.37. The van der Waals surface area contributed by atoms with Gasteiger partial charge in [-0.1, -0.05) is 0 Å². The van der Waals surface area contributed by atoms with Crippen molar-refractivity contribution >= 4 is 6.21 Å². The van der Waals surface area contributed by atoms with Gasteiger partial charge in [-0.15, -0.1) is 0 Å². The Labute approximate surface area is 59.9 Å². The molecular formula is C7H9N3. The first-order chi connectivity index (χ1) is 4.84. The number of aryl methyl sites for hydroxylation is 1. The molecule has 0 spiro atoms. The maximum absolute atomic E-state index is 4.06. The first-order valence-corrected chi connectivity index (χ1v) is 3.04. The van der Waals surface area contributed by atoms with E-state index in [1.165, 1.54) is 0 Å². The first kappa shape index (κ1) is 6.86. The molecule has 0 N–H and O–H groups in total. The Bertz CT molecular complexity index is 242. The van der Waals surface area contributed by atoms with Crippen LogP contribution < -0.4 is 0 Å². The molecule has 1 aromatic rings. The van der Waals surface area contributed by atoms with Crippen molar-refractivity contribution in [2.45, 2.75) is 6.92 Å². The SMILES string of the molecule is C/N=C\c1nccnc1C. The number of nitrogens with zero attached hydrogens (tertiary/aromatic N) is 3. The Morgan fingerprint density at radius 1 is 1.40 bits per heavy atom. The van der Waals surface area contributed by atoms with Crippen LogP contribution in [0.1, 0.15) is 11.4 Å². The van der Waals surface area contributed by atoms with E-state index in [9.17, 15) is 0 Å². The highest BCUT2D eigenvalue weighted by Crippen LogP contribution is 1.93. The molecule has 10 heavy (non-hydrogen) atoms. The lowest BCUT2D eigenvalue weighted by Gasteiger charge is -1.93. The van der Waals surface area contributed by atoms with Gasteiger partial charge >= 0.3 is 0 Å². The van der Waals surface area contributed by atoms with Crippen LogP contribution in [0.25, 0.3) is 0 Å². The van der Waals surface area contributed by atoms with Gasteiger partial charge in [0.1, 0.15) is 5.69 Å². The van der Waals surface area contributed by atoms with E-state index < -0.39 is 0 Å². The summed E-state index contributed by atoms with van der Waals surface area (Å²) in [4.78, 5) is 11.9. The highest BCUT2D eigenvalue weighted by molar-refractivity contribution is 5.77. The summed E-state index contributed by atoms with van der Waals surface area (Å²) in [5.41, 5.74) is 1.75. The van der Waals surface area contributed by atoms with Crippen molar-refractivity contribution in [1.29, 1.82) is 0 Å². The molecule has 0 radical (unpaired) electrons. The summed E-state index contributed by atoms with van der Waals surface area (Å²) in [5, 5.41) is 0. The van der Waals surface area contributed by atoms with Crippen LogP contribution in [0.4, 0.5) is 0 Å². The summed E-state index contributed by atoms with van der Waals surface area (Å²) in [6.45, 7) is 1.91. The van der Waals surface area contributed by atoms with E-state index in [-0.39, 0.29) is 0 Å². The maximum atomic E-state index is 4.06. The molecule has 0 saturated heterocycles. The minimum Gasteiger partial charge on any atom is -0.294 e. The van der Waals surface area contributed by atoms with E-state index in [0.717, 1.165) is 11.4 Å². The molecule has 0 atom stereocenters. The minimum atomic E-state index is 0.838. The van der Waals surface area contributed by atoms with Crippen LogP contribution in [0.15, 0.2) is 17.4 Å². The molecule has 0 amide bonds. The highest BCUT2D eigenvalue weighted by atomic mass is 14.8. The van der Waals surface area contributed by atoms with Crippen LogP contribution in [0, 0.1) is 6.92 Å². The Kier molecular flexibility index (Phi) is 2.10. The Balaban J connectivity index is 3.03. The lowest BCUT2D eigenvalue weighted by atomic mass is 10.3. The largest absolute Gasteiger partial charge is 0.294 e. The third-order valence-electron chi connectivity index (χ3n) is 1.17. The van der Waals surface area contributed by atoms with Gasteiger partial charge < -0.3 is 0 Å². The average molecular weight is 135 g/mol. The Morgan fingerprint density at radius 3 is 2.70 bits per heavy atom. The molecule has 0 saturated carbocycles. The van der Waals surface area contributed by atoms with Gasteiger partial charge in [0, 0.05) is 25.7 Å². The monoisotopic (exact) mass is 135 g/mol. The summed E-state index contributed by atoms with van der Waals surface area (Å²) < 4.78 is 0. The highest BCUT2D eigenvalue weighted by Gasteiger charge is 1.92. The molecule has 0 aliphatic carbocycles. The van der Waals surface area contributed by atoms with Gasteiger partial charge in [-0.3, -0.25) is 15.0 Å². The Hall–Kier alpha value is -1.25. The van der Waals surface area contributed by atoms with Crippen molar-refractivity contribution in [2.24, 2.45) is 4.99 Å². The fraction of sp³-hybridized carbons (Fsp3) is 0.286. The summed E-state index contributed by atoms with van der Waals surface area (Å²) in [5.74, 6) is 0. The number of rotatable bonds is 1. The van der Waals surface area contributed by atoms with Crippen molar-refractivity contribution in [3.05, 3.63) is 23.8 Å². The minimum absolute atomic E-state index is 0.838. The summed E-state index contributed by atoms with van der Waals surface area (Å²) >= 11 is 0. The molecular weight excluding hydrogens is 126 g/mol. The smallest absolute Gasteiger partial charge is 0.102 e. The van der Waals surface area contributed by atoms with Gasteiger partial charge in [0.25, 0.3) is 0 Å². The fourth-order valence-electron chi connectivity index (χ4n) is 0.667. The van der Waals surface area contributed by atoms with Crippen LogP contribution >= 0.6 is 0 Å². The molecule has 52 valence electrons. The summed E-state index contributed by atoms with van der Waals surface area (Å²) in [6.07, 6.45) is 5.02. The molecule has 1 aromatic heterocycles. The fourth-order valence-corrected chi connectivity index (χ4v) is 0.667. The van der Waals surface area contributed by atoms with Crippen LogP contribution in [0.3, 0.4) is 0 Å². The summed E-state index contributed by atoms with van der Waals surface area (Å²) in [7, 11) is 1.72. The molecule has 0 aliphatic rings. The van der Waals surface area contributed by atoms with E-state index in [4.69, 9.17) is 0 Å². The number of aromatic nitrogens is 2. The average Bonchev–Trinajstić information content (AvgIpc) is 1.94. The van der Waals surface area contributed by atoms with E-state index in [1.54, 1.807) is 25.7 Å². The van der Waals surface area contributed by atoms with Crippen molar-refractivity contribution in [3.8, 4) is 0 Å². The van der Waals surface area contributed by atoms with E-state index >= 15 is 0 Å². The molecule has 0 unspecified atom stereocenters. The van der Waals surface area contributed by atoms with Gasteiger partial charge in [-0.25, -0.2) is 0 Å². The zero-order chi connectivity index (χ0) is 7.40. The molecule has 1 heterocycles. The zero-order valence-corrected chi connectivity index (χ0v) is 6.07. The maximum Gasteiger partial charge on any atom is 0.102 e. The van der Waals surface area contributed by atoms with Gasteiger partial charge in [0.15, 0.2) is 0 Å². The second kappa shape index (κ2) is 3.06. The van der Waals surface area contributed by atoms with Crippen molar-refractivity contribution in [2.75, 3.05) is 7.05 Å². The molecule has 0 aromatic carbocycles. The van der Waals surface area contributed by atoms with Gasteiger partial charge in [-0.05, 0) is 6.92 Å². The van der Waals surface area contributed by atoms with Crippen molar-refractivity contribution < 1.29 is 0 Å². The molecule has 3 heteroatoms. The predicted octanol–water partition coefficient (Wildman–Crippen LogP) is 0.834. The second-order valence-corrected chi connectivity index (χ2v) is 1.91. The molecule has 0 aliphatic heterocycles. The Morgan fingerprint density at radius 2 is 2.10 bits per heavy atom. The first-order valence-electron chi connectivity index (χ1n) is 3.04. The topological polar surface area (TPSA) is 38.1 Å². The summed E-state index contributed by atoms with van der Waals surface area (Å²) in [6, 6.07) is 0. The second-order valence-electron chi connectivity index (χ2n) is 1.91. The van der Waals surface area contributed by atoms with Crippen LogP contribution in [0.2, 0.25) is 0 Å². The lowest BCUT2D eigenvalue weighted by molar-refractivity contribution is 1.10. The van der Waals surface area contributed by atoms with Crippen LogP contribution in [-0.4, -0.2) is 23.2 Å².